The second-order valence-electron chi connectivity index (χ2n) is 5.43. The Morgan fingerprint density at radius 3 is 2.68 bits per heavy atom. The third-order valence-electron chi connectivity index (χ3n) is 3.74. The zero-order valence-electron chi connectivity index (χ0n) is 13.8. The molecule has 0 amide bonds. The molecular formula is C18H16F2N4O. The van der Waals surface area contributed by atoms with Crippen molar-refractivity contribution in [3.8, 4) is 11.6 Å². The molecule has 1 aromatic carbocycles. The molecule has 0 fully saturated rings. The quantitative estimate of drug-likeness (QED) is 0.754. The van der Waals surface area contributed by atoms with Crippen molar-refractivity contribution >= 4 is 5.82 Å². The standard InChI is InChI=1S/C18H16F2N4O/c1-11-12(2)23-10-24-17(11)22-9-13-4-3-7-21-18(13)25-14-5-6-15(19)16(20)8-14/h3-8,10H,9H2,1-2H3,(H,22,23,24). The maximum Gasteiger partial charge on any atom is 0.224 e. The number of aromatic nitrogens is 3. The van der Waals surface area contributed by atoms with Crippen LogP contribution in [0.15, 0.2) is 42.9 Å². The minimum absolute atomic E-state index is 0.174. The molecule has 0 bridgehead atoms. The lowest BCUT2D eigenvalue weighted by Gasteiger charge is -2.12. The molecule has 3 aromatic rings. The molecular weight excluding hydrogens is 326 g/mol. The Bertz CT molecular complexity index is 902. The largest absolute Gasteiger partial charge is 0.439 e. The second kappa shape index (κ2) is 7.21. The summed E-state index contributed by atoms with van der Waals surface area (Å²) in [6.45, 7) is 4.24. The molecule has 2 aromatic heterocycles. The Hall–Kier alpha value is -3.09. The summed E-state index contributed by atoms with van der Waals surface area (Å²) in [4.78, 5) is 12.5. The Kier molecular flexibility index (Phi) is 4.83. The first-order chi connectivity index (χ1) is 12.0. The van der Waals surface area contributed by atoms with Gasteiger partial charge in [-0.15, -0.1) is 0 Å². The number of pyridine rings is 1. The Morgan fingerprint density at radius 2 is 1.88 bits per heavy atom. The highest BCUT2D eigenvalue weighted by molar-refractivity contribution is 5.46. The number of aryl methyl sites for hydroxylation is 1. The average Bonchev–Trinajstić information content (AvgIpc) is 2.61. The molecule has 128 valence electrons. The lowest BCUT2D eigenvalue weighted by atomic mass is 10.2. The molecule has 0 spiro atoms. The average molecular weight is 342 g/mol. The van der Waals surface area contributed by atoms with Crippen molar-refractivity contribution in [1.82, 2.24) is 15.0 Å². The first-order valence-electron chi connectivity index (χ1n) is 7.63. The van der Waals surface area contributed by atoms with Gasteiger partial charge >= 0.3 is 0 Å². The van der Waals surface area contributed by atoms with Gasteiger partial charge in [0.05, 0.1) is 0 Å². The number of hydrogen-bond acceptors (Lipinski definition) is 5. The lowest BCUT2D eigenvalue weighted by molar-refractivity contribution is 0.443. The highest BCUT2D eigenvalue weighted by atomic mass is 19.2. The molecule has 0 aliphatic rings. The smallest absolute Gasteiger partial charge is 0.224 e. The fraction of sp³-hybridized carbons (Fsp3) is 0.167. The maximum absolute atomic E-state index is 13.3. The number of nitrogens with zero attached hydrogens (tertiary/aromatic N) is 3. The summed E-state index contributed by atoms with van der Waals surface area (Å²) in [6.07, 6.45) is 3.06. The van der Waals surface area contributed by atoms with Crippen LogP contribution >= 0.6 is 0 Å². The van der Waals surface area contributed by atoms with Crippen molar-refractivity contribution < 1.29 is 13.5 Å². The van der Waals surface area contributed by atoms with E-state index in [1.54, 1.807) is 12.3 Å². The molecule has 0 aliphatic carbocycles. The Balaban J connectivity index is 1.78. The minimum Gasteiger partial charge on any atom is -0.439 e. The van der Waals surface area contributed by atoms with E-state index in [0.29, 0.717) is 12.4 Å². The van der Waals surface area contributed by atoms with Crippen LogP contribution < -0.4 is 10.1 Å². The van der Waals surface area contributed by atoms with E-state index in [4.69, 9.17) is 4.74 Å². The Labute approximate surface area is 143 Å². The van der Waals surface area contributed by atoms with E-state index >= 15 is 0 Å². The van der Waals surface area contributed by atoms with Crippen molar-refractivity contribution in [2.24, 2.45) is 0 Å². The summed E-state index contributed by atoms with van der Waals surface area (Å²) >= 11 is 0. The van der Waals surface area contributed by atoms with Gasteiger partial charge in [0.25, 0.3) is 0 Å². The maximum atomic E-state index is 13.3. The van der Waals surface area contributed by atoms with Gasteiger partial charge in [-0.2, -0.15) is 0 Å². The summed E-state index contributed by atoms with van der Waals surface area (Å²) in [6, 6.07) is 6.95. The topological polar surface area (TPSA) is 59.9 Å². The summed E-state index contributed by atoms with van der Waals surface area (Å²) in [7, 11) is 0. The first kappa shape index (κ1) is 16.8. The monoisotopic (exact) mass is 342 g/mol. The fourth-order valence-corrected chi connectivity index (χ4v) is 2.20. The van der Waals surface area contributed by atoms with Gasteiger partial charge in [0.2, 0.25) is 5.88 Å². The number of halogens is 2. The third-order valence-corrected chi connectivity index (χ3v) is 3.74. The molecule has 0 unspecified atom stereocenters. The van der Waals surface area contributed by atoms with Crippen LogP contribution in [0, 0.1) is 25.5 Å². The van der Waals surface area contributed by atoms with Crippen molar-refractivity contribution in [3.05, 3.63) is 71.3 Å². The van der Waals surface area contributed by atoms with Gasteiger partial charge in [-0.25, -0.2) is 23.7 Å². The van der Waals surface area contributed by atoms with Gasteiger partial charge in [-0.3, -0.25) is 0 Å². The summed E-state index contributed by atoms with van der Waals surface area (Å²) in [5.74, 6) is -0.697. The molecule has 25 heavy (non-hydrogen) atoms. The lowest BCUT2D eigenvalue weighted by Crippen LogP contribution is -2.06. The van der Waals surface area contributed by atoms with E-state index in [2.05, 4.69) is 20.3 Å². The number of anilines is 1. The molecule has 3 rings (SSSR count). The first-order valence-corrected chi connectivity index (χ1v) is 7.63. The van der Waals surface area contributed by atoms with E-state index < -0.39 is 11.6 Å². The van der Waals surface area contributed by atoms with Crippen molar-refractivity contribution in [1.29, 1.82) is 0 Å². The van der Waals surface area contributed by atoms with Crippen LogP contribution in [0.2, 0.25) is 0 Å². The van der Waals surface area contributed by atoms with Gasteiger partial charge in [-0.05, 0) is 32.0 Å². The van der Waals surface area contributed by atoms with Gasteiger partial charge in [0, 0.05) is 35.6 Å². The Morgan fingerprint density at radius 1 is 1.04 bits per heavy atom. The number of benzene rings is 1. The molecule has 7 heteroatoms. The number of rotatable bonds is 5. The SMILES string of the molecule is Cc1ncnc(NCc2cccnc2Oc2ccc(F)c(F)c2)c1C. The summed E-state index contributed by atoms with van der Waals surface area (Å²) < 4.78 is 32.0. The van der Waals surface area contributed by atoms with Crippen molar-refractivity contribution in [3.63, 3.8) is 0 Å². The summed E-state index contributed by atoms with van der Waals surface area (Å²) in [5, 5.41) is 3.21. The molecule has 0 saturated carbocycles. The molecule has 1 N–H and O–H groups in total. The van der Waals surface area contributed by atoms with Gasteiger partial charge in [-0.1, -0.05) is 6.07 Å². The fourth-order valence-electron chi connectivity index (χ4n) is 2.20. The highest BCUT2D eigenvalue weighted by Crippen LogP contribution is 2.25. The van der Waals surface area contributed by atoms with E-state index in [-0.39, 0.29) is 5.75 Å². The molecule has 0 radical (unpaired) electrons. The van der Waals surface area contributed by atoms with Crippen LogP contribution in [-0.4, -0.2) is 15.0 Å². The third kappa shape index (κ3) is 3.88. The van der Waals surface area contributed by atoms with Crippen molar-refractivity contribution in [2.45, 2.75) is 20.4 Å². The van der Waals surface area contributed by atoms with Crippen molar-refractivity contribution in [2.75, 3.05) is 5.32 Å². The molecule has 0 atom stereocenters. The highest BCUT2D eigenvalue weighted by Gasteiger charge is 2.10. The van der Waals surface area contributed by atoms with Gasteiger partial charge in [0.1, 0.15) is 17.9 Å². The van der Waals surface area contributed by atoms with Gasteiger partial charge in [0.15, 0.2) is 11.6 Å². The van der Waals surface area contributed by atoms with E-state index in [9.17, 15) is 8.78 Å². The zero-order chi connectivity index (χ0) is 17.8. The predicted molar refractivity (Wildman–Crippen MR) is 89.5 cm³/mol. The molecule has 5 nitrogen and oxygen atoms in total. The number of ether oxygens (including phenoxy) is 1. The van der Waals surface area contributed by atoms with E-state index in [1.807, 2.05) is 19.9 Å². The van der Waals surface area contributed by atoms with Gasteiger partial charge < -0.3 is 10.1 Å². The summed E-state index contributed by atoms with van der Waals surface area (Å²) in [5.41, 5.74) is 2.60. The van der Waals surface area contributed by atoms with E-state index in [1.165, 1.54) is 12.4 Å². The van der Waals surface area contributed by atoms with Crippen LogP contribution in [0.25, 0.3) is 0 Å². The van der Waals surface area contributed by atoms with E-state index in [0.717, 1.165) is 34.8 Å². The normalized spacial score (nSPS) is 10.6. The van der Waals surface area contributed by atoms with Crippen LogP contribution in [0.5, 0.6) is 11.6 Å². The number of hydrogen-bond donors (Lipinski definition) is 1. The predicted octanol–water partition coefficient (Wildman–Crippen LogP) is 4.17. The van der Waals surface area contributed by atoms with Crippen LogP contribution in [0.3, 0.4) is 0 Å². The van der Waals surface area contributed by atoms with Crippen LogP contribution in [-0.2, 0) is 6.54 Å². The van der Waals surface area contributed by atoms with Crippen LogP contribution in [0.4, 0.5) is 14.6 Å². The molecule has 0 aliphatic heterocycles. The molecule has 2 heterocycles. The second-order valence-corrected chi connectivity index (χ2v) is 5.43. The van der Waals surface area contributed by atoms with Crippen LogP contribution in [0.1, 0.15) is 16.8 Å². The minimum atomic E-state index is -0.972. The zero-order valence-corrected chi connectivity index (χ0v) is 13.8. The molecule has 0 saturated heterocycles. The number of nitrogens with one attached hydrogen (secondary N) is 1.